The van der Waals surface area contributed by atoms with Crippen LogP contribution in [0.3, 0.4) is 0 Å². The molecule has 1 heterocycles. The SMILES string of the molecule is C=C/C=c1/c(C#N)c(C)cn/c1=C/C.CC. The molecule has 2 heteroatoms. The van der Waals surface area contributed by atoms with Crippen LogP contribution in [0, 0.1) is 18.3 Å². The Morgan fingerprint density at radius 3 is 2.50 bits per heavy atom. The average molecular weight is 214 g/mol. The predicted octanol–water partition coefficient (Wildman–Crippen LogP) is 2.05. The van der Waals surface area contributed by atoms with Crippen molar-refractivity contribution in [3.8, 4) is 6.07 Å². The highest BCUT2D eigenvalue weighted by molar-refractivity contribution is 5.46. The van der Waals surface area contributed by atoms with Gasteiger partial charge in [-0.2, -0.15) is 5.26 Å². The van der Waals surface area contributed by atoms with Crippen molar-refractivity contribution in [2.75, 3.05) is 0 Å². The number of aromatic nitrogens is 1. The summed E-state index contributed by atoms with van der Waals surface area (Å²) in [6.07, 6.45) is 7.09. The fourth-order valence-corrected chi connectivity index (χ4v) is 1.31. The van der Waals surface area contributed by atoms with E-state index < -0.39 is 0 Å². The van der Waals surface area contributed by atoms with Crippen LogP contribution in [0.15, 0.2) is 18.9 Å². The van der Waals surface area contributed by atoms with Crippen LogP contribution < -0.4 is 10.6 Å². The second-order valence-electron chi connectivity index (χ2n) is 2.92. The summed E-state index contributed by atoms with van der Waals surface area (Å²) < 4.78 is 0. The normalized spacial score (nSPS) is 11.4. The molecule has 0 saturated carbocycles. The van der Waals surface area contributed by atoms with Crippen LogP contribution in [0.1, 0.15) is 31.9 Å². The first-order valence-corrected chi connectivity index (χ1v) is 5.39. The van der Waals surface area contributed by atoms with E-state index in [4.69, 9.17) is 5.26 Å². The summed E-state index contributed by atoms with van der Waals surface area (Å²) in [5.41, 5.74) is 1.57. The summed E-state index contributed by atoms with van der Waals surface area (Å²) in [6, 6.07) is 2.18. The first kappa shape index (κ1) is 14.1. The van der Waals surface area contributed by atoms with Crippen molar-refractivity contribution in [1.82, 2.24) is 4.98 Å². The number of rotatable bonds is 1. The molecule has 16 heavy (non-hydrogen) atoms. The average Bonchev–Trinajstić information content (AvgIpc) is 2.33. The van der Waals surface area contributed by atoms with Crippen molar-refractivity contribution in [2.45, 2.75) is 27.7 Å². The van der Waals surface area contributed by atoms with Crippen LogP contribution >= 0.6 is 0 Å². The maximum Gasteiger partial charge on any atom is 0.100 e. The van der Waals surface area contributed by atoms with E-state index in [1.807, 2.05) is 39.8 Å². The van der Waals surface area contributed by atoms with Gasteiger partial charge in [0.15, 0.2) is 0 Å². The molecule has 0 atom stereocenters. The summed E-state index contributed by atoms with van der Waals surface area (Å²) in [4.78, 5) is 4.24. The molecule has 0 fully saturated rings. The maximum absolute atomic E-state index is 9.00. The Kier molecular flexibility index (Phi) is 6.55. The molecule has 1 aromatic heterocycles. The standard InChI is InChI=1S/C12H12N2.C2H6/c1-4-6-10-11(7-13)9(3)8-14-12(10)5-2;1-2/h4-6,8H,1H2,2-3H3;1-2H3/b10-6-,12-5+;. The predicted molar refractivity (Wildman–Crippen MR) is 69.1 cm³/mol. The van der Waals surface area contributed by atoms with E-state index in [9.17, 15) is 0 Å². The molecule has 0 saturated heterocycles. The van der Waals surface area contributed by atoms with Crippen LogP contribution in [-0.4, -0.2) is 4.98 Å². The van der Waals surface area contributed by atoms with E-state index in [0.29, 0.717) is 5.56 Å². The summed E-state index contributed by atoms with van der Waals surface area (Å²) in [6.45, 7) is 11.4. The molecule has 0 radical (unpaired) electrons. The quantitative estimate of drug-likeness (QED) is 0.717. The highest BCUT2D eigenvalue weighted by Crippen LogP contribution is 1.95. The Balaban J connectivity index is 0.00000106. The second-order valence-corrected chi connectivity index (χ2v) is 2.92. The Labute approximate surface area is 97.3 Å². The molecular weight excluding hydrogens is 196 g/mol. The molecule has 0 aliphatic heterocycles. The third-order valence-electron chi connectivity index (χ3n) is 2.01. The van der Waals surface area contributed by atoms with E-state index in [2.05, 4.69) is 17.6 Å². The molecule has 2 nitrogen and oxygen atoms in total. The molecule has 1 aromatic rings. The van der Waals surface area contributed by atoms with E-state index in [1.165, 1.54) is 0 Å². The van der Waals surface area contributed by atoms with E-state index in [-0.39, 0.29) is 0 Å². The molecular formula is C14H18N2. The lowest BCUT2D eigenvalue weighted by atomic mass is 10.1. The van der Waals surface area contributed by atoms with Crippen molar-refractivity contribution in [2.24, 2.45) is 0 Å². The van der Waals surface area contributed by atoms with Crippen LogP contribution in [0.4, 0.5) is 0 Å². The lowest BCUT2D eigenvalue weighted by Gasteiger charge is -1.97. The highest BCUT2D eigenvalue weighted by Gasteiger charge is 1.99. The number of allylic oxidation sites excluding steroid dienone is 1. The van der Waals surface area contributed by atoms with Crippen LogP contribution in [0.2, 0.25) is 0 Å². The summed E-state index contributed by atoms with van der Waals surface area (Å²) >= 11 is 0. The van der Waals surface area contributed by atoms with Gasteiger partial charge in [0.1, 0.15) is 6.07 Å². The minimum atomic E-state index is 0.674. The first-order valence-electron chi connectivity index (χ1n) is 5.39. The molecule has 1 rings (SSSR count). The Morgan fingerprint density at radius 2 is 2.06 bits per heavy atom. The van der Waals surface area contributed by atoms with Crippen LogP contribution in [0.5, 0.6) is 0 Å². The van der Waals surface area contributed by atoms with Crippen molar-refractivity contribution in [1.29, 1.82) is 5.26 Å². The molecule has 0 unspecified atom stereocenters. The number of aryl methyl sites for hydroxylation is 1. The third kappa shape index (κ3) is 3.06. The molecule has 0 aromatic carbocycles. The van der Waals surface area contributed by atoms with Gasteiger partial charge in [-0.05, 0) is 19.4 Å². The number of pyridine rings is 1. The monoisotopic (exact) mass is 214 g/mol. The molecule has 84 valence electrons. The molecule has 0 bridgehead atoms. The second kappa shape index (κ2) is 7.42. The van der Waals surface area contributed by atoms with Gasteiger partial charge in [0.2, 0.25) is 0 Å². The highest BCUT2D eigenvalue weighted by atomic mass is 14.6. The molecule has 0 amide bonds. The lowest BCUT2D eigenvalue weighted by molar-refractivity contribution is 1.16. The zero-order valence-electron chi connectivity index (χ0n) is 10.4. The zero-order valence-corrected chi connectivity index (χ0v) is 10.4. The van der Waals surface area contributed by atoms with Gasteiger partial charge in [0.05, 0.1) is 10.9 Å². The van der Waals surface area contributed by atoms with Gasteiger partial charge in [0, 0.05) is 11.4 Å². The van der Waals surface area contributed by atoms with Gasteiger partial charge in [-0.3, -0.25) is 4.98 Å². The van der Waals surface area contributed by atoms with Crippen LogP contribution in [0.25, 0.3) is 12.2 Å². The fraction of sp³-hybridized carbons (Fsp3) is 0.286. The van der Waals surface area contributed by atoms with Gasteiger partial charge in [0.25, 0.3) is 0 Å². The van der Waals surface area contributed by atoms with Gasteiger partial charge in [-0.1, -0.05) is 38.7 Å². The van der Waals surface area contributed by atoms with E-state index in [0.717, 1.165) is 16.1 Å². The fourth-order valence-electron chi connectivity index (χ4n) is 1.31. The van der Waals surface area contributed by atoms with Crippen molar-refractivity contribution in [3.63, 3.8) is 0 Å². The molecule has 0 N–H and O–H groups in total. The summed E-state index contributed by atoms with van der Waals surface area (Å²) in [7, 11) is 0. The van der Waals surface area contributed by atoms with Gasteiger partial charge in [-0.25, -0.2) is 0 Å². The van der Waals surface area contributed by atoms with Crippen molar-refractivity contribution >= 4 is 12.2 Å². The molecule has 0 aliphatic carbocycles. The Bertz CT molecular complexity index is 505. The topological polar surface area (TPSA) is 36.7 Å². The minimum absolute atomic E-state index is 0.674. The number of hydrogen-bond donors (Lipinski definition) is 0. The van der Waals surface area contributed by atoms with E-state index >= 15 is 0 Å². The number of hydrogen-bond acceptors (Lipinski definition) is 2. The van der Waals surface area contributed by atoms with Crippen molar-refractivity contribution in [3.05, 3.63) is 40.5 Å². The van der Waals surface area contributed by atoms with E-state index in [1.54, 1.807) is 12.3 Å². The summed E-state index contributed by atoms with van der Waals surface area (Å²) in [5, 5.41) is 10.7. The van der Waals surface area contributed by atoms with Gasteiger partial charge < -0.3 is 0 Å². The Morgan fingerprint density at radius 1 is 1.44 bits per heavy atom. The lowest BCUT2D eigenvalue weighted by Crippen LogP contribution is -2.31. The Hall–Kier alpha value is -1.88. The maximum atomic E-state index is 9.00. The van der Waals surface area contributed by atoms with Gasteiger partial charge >= 0.3 is 0 Å². The largest absolute Gasteiger partial charge is 0.256 e. The molecule has 0 aliphatic rings. The van der Waals surface area contributed by atoms with Crippen LogP contribution in [-0.2, 0) is 0 Å². The smallest absolute Gasteiger partial charge is 0.100 e. The first-order chi connectivity index (χ1) is 7.74. The molecule has 0 spiro atoms. The number of nitriles is 1. The summed E-state index contributed by atoms with van der Waals surface area (Å²) in [5.74, 6) is 0. The van der Waals surface area contributed by atoms with Gasteiger partial charge in [-0.15, -0.1) is 0 Å². The zero-order chi connectivity index (χ0) is 12.6. The number of nitrogens with zero attached hydrogens (tertiary/aromatic N) is 2. The minimum Gasteiger partial charge on any atom is -0.256 e. The third-order valence-corrected chi connectivity index (χ3v) is 2.01. The van der Waals surface area contributed by atoms with Crippen molar-refractivity contribution < 1.29 is 0 Å².